The molecule has 0 saturated carbocycles. The number of aromatic nitrogens is 3. The first-order chi connectivity index (χ1) is 18.9. The second kappa shape index (κ2) is 12.0. The molecular formula is C29H31BrF3N5O2. The zero-order valence-corrected chi connectivity index (χ0v) is 24.0. The SMILES string of the molecule is Cc1nn2c(=O)n(Cc3ccccc3)c(C(C(C)C)N(CCCN)C(=O)c3ccc(C(F)(F)F)cc3)cc2c1Br. The maximum Gasteiger partial charge on any atom is 0.416 e. The molecule has 7 nitrogen and oxygen atoms in total. The third-order valence-corrected chi connectivity index (χ3v) is 7.79. The molecule has 0 saturated heterocycles. The van der Waals surface area contributed by atoms with Gasteiger partial charge in [0, 0.05) is 17.8 Å². The van der Waals surface area contributed by atoms with Gasteiger partial charge in [0.15, 0.2) is 0 Å². The van der Waals surface area contributed by atoms with E-state index >= 15 is 0 Å². The van der Waals surface area contributed by atoms with Crippen molar-refractivity contribution in [3.63, 3.8) is 0 Å². The molecular weight excluding hydrogens is 587 g/mol. The van der Waals surface area contributed by atoms with Gasteiger partial charge < -0.3 is 10.6 Å². The molecule has 4 rings (SSSR count). The number of alkyl halides is 3. The summed E-state index contributed by atoms with van der Waals surface area (Å²) in [7, 11) is 0. The number of hydrogen-bond donors (Lipinski definition) is 1. The second-order valence-electron chi connectivity index (χ2n) is 10.0. The lowest BCUT2D eigenvalue weighted by Crippen LogP contribution is -2.42. The molecule has 2 heterocycles. The number of nitrogens with two attached hydrogens (primary N) is 1. The Labute approximate surface area is 238 Å². The van der Waals surface area contributed by atoms with Crippen LogP contribution in [0.25, 0.3) is 5.52 Å². The van der Waals surface area contributed by atoms with E-state index in [2.05, 4.69) is 21.0 Å². The van der Waals surface area contributed by atoms with Gasteiger partial charge in [0.2, 0.25) is 0 Å². The number of carbonyl (C=O) groups excluding carboxylic acids is 1. The standard InChI is InChI=1S/C29H31BrF3N5O2/c1-18(2)26(36(15-7-14-34)27(39)21-10-12-22(13-11-21)29(31,32)33)24-16-23-25(30)19(3)35-38(23)28(40)37(24)17-20-8-5-4-6-9-20/h4-6,8-13,16,18,26H,7,14-15,17,34H2,1-3H3. The van der Waals surface area contributed by atoms with Crippen LogP contribution in [0.1, 0.15) is 59.2 Å². The molecule has 0 fully saturated rings. The number of nitrogens with zero attached hydrogens (tertiary/aromatic N) is 4. The molecule has 0 radical (unpaired) electrons. The van der Waals surface area contributed by atoms with Crippen molar-refractivity contribution in [3.8, 4) is 0 Å². The van der Waals surface area contributed by atoms with E-state index < -0.39 is 23.7 Å². The summed E-state index contributed by atoms with van der Waals surface area (Å²) in [5, 5.41) is 4.41. The molecule has 0 aliphatic heterocycles. The summed E-state index contributed by atoms with van der Waals surface area (Å²) in [5.41, 5.74) is 7.42. The van der Waals surface area contributed by atoms with Crippen LogP contribution in [0, 0.1) is 12.8 Å². The Morgan fingerprint density at radius 2 is 1.75 bits per heavy atom. The van der Waals surface area contributed by atoms with Gasteiger partial charge in [0.1, 0.15) is 0 Å². The zero-order chi connectivity index (χ0) is 29.2. The van der Waals surface area contributed by atoms with Gasteiger partial charge in [-0.15, -0.1) is 0 Å². The lowest BCUT2D eigenvalue weighted by molar-refractivity contribution is -0.137. The van der Waals surface area contributed by atoms with Crippen LogP contribution in [-0.2, 0) is 12.7 Å². The highest BCUT2D eigenvalue weighted by atomic mass is 79.9. The third kappa shape index (κ3) is 6.00. The van der Waals surface area contributed by atoms with E-state index in [9.17, 15) is 22.8 Å². The monoisotopic (exact) mass is 617 g/mol. The van der Waals surface area contributed by atoms with Gasteiger partial charge in [-0.05, 0) is 77.6 Å². The molecule has 212 valence electrons. The van der Waals surface area contributed by atoms with Gasteiger partial charge in [0.25, 0.3) is 5.91 Å². The number of rotatable bonds is 9. The van der Waals surface area contributed by atoms with Crippen LogP contribution in [-0.4, -0.2) is 38.1 Å². The molecule has 11 heteroatoms. The molecule has 0 bridgehead atoms. The van der Waals surface area contributed by atoms with Gasteiger partial charge in [-0.1, -0.05) is 44.2 Å². The third-order valence-electron chi connectivity index (χ3n) is 6.81. The molecule has 0 spiro atoms. The molecule has 0 aliphatic carbocycles. The molecule has 1 amide bonds. The van der Waals surface area contributed by atoms with Gasteiger partial charge in [-0.25, -0.2) is 4.79 Å². The summed E-state index contributed by atoms with van der Waals surface area (Å²) in [6.07, 6.45) is -4.04. The fraction of sp³-hybridized carbons (Fsp3) is 0.345. The predicted octanol–water partition coefficient (Wildman–Crippen LogP) is 5.82. The number of aryl methyl sites for hydroxylation is 1. The summed E-state index contributed by atoms with van der Waals surface area (Å²) in [5.74, 6) is -0.606. The first kappa shape index (κ1) is 29.5. The van der Waals surface area contributed by atoms with Crippen molar-refractivity contribution >= 4 is 27.4 Å². The number of hydrogen-bond acceptors (Lipinski definition) is 4. The largest absolute Gasteiger partial charge is 0.416 e. The molecule has 2 N–H and O–H groups in total. The van der Waals surface area contributed by atoms with Gasteiger partial charge >= 0.3 is 11.9 Å². The van der Waals surface area contributed by atoms with Crippen LogP contribution < -0.4 is 11.4 Å². The fourth-order valence-electron chi connectivity index (χ4n) is 4.87. The molecule has 2 aromatic carbocycles. The quantitative estimate of drug-likeness (QED) is 0.256. The second-order valence-corrected chi connectivity index (χ2v) is 10.8. The Kier molecular flexibility index (Phi) is 8.84. The predicted molar refractivity (Wildman–Crippen MR) is 151 cm³/mol. The number of fused-ring (bicyclic) bond motifs is 1. The van der Waals surface area contributed by atoms with Crippen molar-refractivity contribution in [3.05, 3.63) is 104 Å². The summed E-state index contributed by atoms with van der Waals surface area (Å²) in [6, 6.07) is 14.9. The Hall–Kier alpha value is -3.44. The van der Waals surface area contributed by atoms with Gasteiger partial charge in [-0.2, -0.15) is 22.8 Å². The van der Waals surface area contributed by atoms with E-state index in [1.54, 1.807) is 16.4 Å². The fourth-order valence-corrected chi connectivity index (χ4v) is 5.23. The molecule has 40 heavy (non-hydrogen) atoms. The summed E-state index contributed by atoms with van der Waals surface area (Å²) in [4.78, 5) is 29.4. The molecule has 2 aromatic heterocycles. The van der Waals surface area contributed by atoms with Crippen LogP contribution in [0.3, 0.4) is 0 Å². The van der Waals surface area contributed by atoms with Crippen LogP contribution in [0.4, 0.5) is 13.2 Å². The number of amides is 1. The highest BCUT2D eigenvalue weighted by molar-refractivity contribution is 9.10. The van der Waals surface area contributed by atoms with Crippen molar-refractivity contribution in [1.29, 1.82) is 0 Å². The normalized spacial score (nSPS) is 12.7. The Morgan fingerprint density at radius 1 is 1.10 bits per heavy atom. The van der Waals surface area contributed by atoms with E-state index in [0.29, 0.717) is 34.3 Å². The lowest BCUT2D eigenvalue weighted by Gasteiger charge is -2.36. The molecule has 4 aromatic rings. The maximum absolute atomic E-state index is 13.9. The first-order valence-corrected chi connectivity index (χ1v) is 13.7. The minimum absolute atomic E-state index is 0.120. The Bertz CT molecular complexity index is 1550. The lowest BCUT2D eigenvalue weighted by atomic mass is 9.96. The van der Waals surface area contributed by atoms with Gasteiger partial charge in [0.05, 0.1) is 33.8 Å². The van der Waals surface area contributed by atoms with Crippen LogP contribution in [0.2, 0.25) is 0 Å². The van der Waals surface area contributed by atoms with Crippen LogP contribution in [0.5, 0.6) is 0 Å². The highest BCUT2D eigenvalue weighted by Crippen LogP contribution is 2.34. The summed E-state index contributed by atoms with van der Waals surface area (Å²) < 4.78 is 43.1. The van der Waals surface area contributed by atoms with E-state index in [4.69, 9.17) is 5.73 Å². The van der Waals surface area contributed by atoms with E-state index in [1.807, 2.05) is 50.2 Å². The minimum Gasteiger partial charge on any atom is -0.330 e. The van der Waals surface area contributed by atoms with Crippen molar-refractivity contribution in [1.82, 2.24) is 19.1 Å². The summed E-state index contributed by atoms with van der Waals surface area (Å²) >= 11 is 3.54. The average molecular weight is 618 g/mol. The van der Waals surface area contributed by atoms with Gasteiger partial charge in [-0.3, -0.25) is 9.36 Å². The van der Waals surface area contributed by atoms with Crippen LogP contribution in [0.15, 0.2) is 69.9 Å². The Morgan fingerprint density at radius 3 is 2.33 bits per heavy atom. The van der Waals surface area contributed by atoms with Crippen molar-refractivity contribution in [2.45, 2.75) is 46.0 Å². The zero-order valence-electron chi connectivity index (χ0n) is 22.5. The topological polar surface area (TPSA) is 85.6 Å². The van der Waals surface area contributed by atoms with Crippen molar-refractivity contribution < 1.29 is 18.0 Å². The number of benzene rings is 2. The maximum atomic E-state index is 13.9. The molecule has 1 unspecified atom stereocenters. The van der Waals surface area contributed by atoms with Crippen molar-refractivity contribution in [2.75, 3.05) is 13.1 Å². The van der Waals surface area contributed by atoms with E-state index in [1.165, 1.54) is 16.6 Å². The minimum atomic E-state index is -4.51. The van der Waals surface area contributed by atoms with Crippen LogP contribution >= 0.6 is 15.9 Å². The smallest absolute Gasteiger partial charge is 0.330 e. The van der Waals surface area contributed by atoms with E-state index in [0.717, 1.165) is 17.7 Å². The Balaban J connectivity index is 1.90. The average Bonchev–Trinajstić information content (AvgIpc) is 3.21. The highest BCUT2D eigenvalue weighted by Gasteiger charge is 2.34. The number of halogens is 4. The first-order valence-electron chi connectivity index (χ1n) is 12.9. The van der Waals surface area contributed by atoms with Crippen molar-refractivity contribution in [2.24, 2.45) is 11.7 Å². The molecule has 1 atom stereocenters. The molecule has 0 aliphatic rings. The number of carbonyl (C=O) groups is 1. The van der Waals surface area contributed by atoms with E-state index in [-0.39, 0.29) is 30.3 Å². The summed E-state index contributed by atoms with van der Waals surface area (Å²) in [6.45, 7) is 6.48.